The molecule has 2 unspecified atom stereocenters. The van der Waals surface area contributed by atoms with Crippen LogP contribution in [-0.2, 0) is 14.9 Å². The van der Waals surface area contributed by atoms with E-state index < -0.39 is 0 Å². The van der Waals surface area contributed by atoms with Crippen molar-refractivity contribution >= 4 is 11.7 Å². The Morgan fingerprint density at radius 3 is 2.54 bits per heavy atom. The standard InChI is InChI=1S/C21H33N5O2/c1-21(2,3)18-10-19(23-15-22-18)26-13-16-11-24(12-17(16)14-26)5-6-25-7-9-28-8-4-20(25)27/h10,15-17H,4-9,11-14H2,1-3H3. The molecular weight excluding hydrogens is 354 g/mol. The molecule has 3 aliphatic rings. The van der Waals surface area contributed by atoms with E-state index in [2.05, 4.69) is 46.6 Å². The normalized spacial score (nSPS) is 26.6. The molecule has 7 nitrogen and oxygen atoms in total. The summed E-state index contributed by atoms with van der Waals surface area (Å²) in [6.07, 6.45) is 2.23. The summed E-state index contributed by atoms with van der Waals surface area (Å²) in [6, 6.07) is 2.16. The minimum Gasteiger partial charge on any atom is -0.379 e. The van der Waals surface area contributed by atoms with Crippen molar-refractivity contribution in [2.24, 2.45) is 11.8 Å². The molecular formula is C21H33N5O2. The number of amides is 1. The van der Waals surface area contributed by atoms with E-state index in [4.69, 9.17) is 4.74 Å². The van der Waals surface area contributed by atoms with Crippen LogP contribution in [0.25, 0.3) is 0 Å². The van der Waals surface area contributed by atoms with Crippen molar-refractivity contribution in [2.75, 3.05) is 63.9 Å². The van der Waals surface area contributed by atoms with E-state index in [0.717, 1.165) is 57.3 Å². The van der Waals surface area contributed by atoms with Crippen LogP contribution in [0.4, 0.5) is 5.82 Å². The van der Waals surface area contributed by atoms with Crippen LogP contribution in [-0.4, -0.2) is 84.7 Å². The van der Waals surface area contributed by atoms with Gasteiger partial charge in [-0.2, -0.15) is 0 Å². The highest BCUT2D eigenvalue weighted by Gasteiger charge is 2.40. The predicted molar refractivity (Wildman–Crippen MR) is 108 cm³/mol. The Kier molecular flexibility index (Phi) is 5.56. The smallest absolute Gasteiger partial charge is 0.225 e. The van der Waals surface area contributed by atoms with Crippen LogP contribution in [0.2, 0.25) is 0 Å². The first-order chi connectivity index (χ1) is 13.4. The van der Waals surface area contributed by atoms with Gasteiger partial charge in [0.25, 0.3) is 0 Å². The number of nitrogens with zero attached hydrogens (tertiary/aromatic N) is 5. The van der Waals surface area contributed by atoms with Crippen molar-refractivity contribution in [1.29, 1.82) is 0 Å². The van der Waals surface area contributed by atoms with Crippen LogP contribution in [0.1, 0.15) is 32.9 Å². The highest BCUT2D eigenvalue weighted by Crippen LogP contribution is 2.34. The molecule has 1 aromatic rings. The molecule has 4 heterocycles. The zero-order chi connectivity index (χ0) is 19.7. The zero-order valence-corrected chi connectivity index (χ0v) is 17.4. The van der Waals surface area contributed by atoms with Crippen LogP contribution >= 0.6 is 0 Å². The van der Waals surface area contributed by atoms with E-state index in [1.165, 1.54) is 0 Å². The van der Waals surface area contributed by atoms with Crippen LogP contribution < -0.4 is 4.90 Å². The van der Waals surface area contributed by atoms with Gasteiger partial charge in [0.05, 0.1) is 25.3 Å². The maximum absolute atomic E-state index is 12.1. The SMILES string of the molecule is CC(C)(C)c1cc(N2CC3CN(CCN4CCOCCC4=O)CC3C2)ncn1. The lowest BCUT2D eigenvalue weighted by Crippen LogP contribution is -2.39. The summed E-state index contributed by atoms with van der Waals surface area (Å²) in [5, 5.41) is 0. The van der Waals surface area contributed by atoms with Gasteiger partial charge in [0.1, 0.15) is 12.1 Å². The Labute approximate surface area is 168 Å². The lowest BCUT2D eigenvalue weighted by molar-refractivity contribution is -0.130. The number of anilines is 1. The van der Waals surface area contributed by atoms with Crippen molar-refractivity contribution in [1.82, 2.24) is 19.8 Å². The van der Waals surface area contributed by atoms with Crippen molar-refractivity contribution in [3.63, 3.8) is 0 Å². The first-order valence-corrected chi connectivity index (χ1v) is 10.6. The van der Waals surface area contributed by atoms with Gasteiger partial charge in [0, 0.05) is 57.3 Å². The molecule has 1 amide bonds. The second-order valence-electron chi connectivity index (χ2n) is 9.44. The van der Waals surface area contributed by atoms with E-state index in [1.807, 2.05) is 4.90 Å². The first-order valence-electron chi connectivity index (χ1n) is 10.6. The van der Waals surface area contributed by atoms with Crippen LogP contribution in [0.15, 0.2) is 12.4 Å². The van der Waals surface area contributed by atoms with Gasteiger partial charge in [-0.05, 0) is 11.8 Å². The molecule has 2 atom stereocenters. The number of hydrogen-bond donors (Lipinski definition) is 0. The third-order valence-electron chi connectivity index (χ3n) is 6.31. The lowest BCUT2D eigenvalue weighted by Gasteiger charge is -2.26. The zero-order valence-electron chi connectivity index (χ0n) is 17.4. The molecule has 3 fully saturated rings. The number of ether oxygens (including phenoxy) is 1. The molecule has 0 radical (unpaired) electrons. The van der Waals surface area contributed by atoms with Crippen molar-refractivity contribution < 1.29 is 9.53 Å². The fourth-order valence-corrected chi connectivity index (χ4v) is 4.61. The molecule has 0 bridgehead atoms. The molecule has 28 heavy (non-hydrogen) atoms. The van der Waals surface area contributed by atoms with E-state index in [0.29, 0.717) is 31.5 Å². The second kappa shape index (κ2) is 7.95. The van der Waals surface area contributed by atoms with Gasteiger partial charge in [-0.3, -0.25) is 4.79 Å². The molecule has 3 aliphatic heterocycles. The summed E-state index contributed by atoms with van der Waals surface area (Å²) in [6.45, 7) is 14.7. The monoisotopic (exact) mass is 387 g/mol. The van der Waals surface area contributed by atoms with Gasteiger partial charge in [0.15, 0.2) is 0 Å². The largest absolute Gasteiger partial charge is 0.379 e. The summed E-state index contributed by atoms with van der Waals surface area (Å²) in [4.78, 5) is 28.1. The van der Waals surface area contributed by atoms with Crippen LogP contribution in [0.3, 0.4) is 0 Å². The van der Waals surface area contributed by atoms with Gasteiger partial charge in [0.2, 0.25) is 5.91 Å². The summed E-state index contributed by atoms with van der Waals surface area (Å²) in [5.41, 5.74) is 1.14. The van der Waals surface area contributed by atoms with Gasteiger partial charge >= 0.3 is 0 Å². The minimum atomic E-state index is 0.0416. The maximum atomic E-state index is 12.1. The quantitative estimate of drug-likeness (QED) is 0.778. The molecule has 7 heteroatoms. The number of aromatic nitrogens is 2. The van der Waals surface area contributed by atoms with Crippen LogP contribution in [0.5, 0.6) is 0 Å². The van der Waals surface area contributed by atoms with E-state index in [9.17, 15) is 4.79 Å². The third-order valence-corrected chi connectivity index (χ3v) is 6.31. The Hall–Kier alpha value is -1.73. The molecule has 3 saturated heterocycles. The number of carbonyl (C=O) groups excluding carboxylic acids is 1. The average molecular weight is 388 g/mol. The molecule has 0 spiro atoms. The highest BCUT2D eigenvalue weighted by molar-refractivity contribution is 5.76. The molecule has 0 aromatic carbocycles. The highest BCUT2D eigenvalue weighted by atomic mass is 16.5. The number of carbonyl (C=O) groups is 1. The van der Waals surface area contributed by atoms with Crippen molar-refractivity contribution in [2.45, 2.75) is 32.6 Å². The summed E-state index contributed by atoms with van der Waals surface area (Å²) in [5.74, 6) is 2.69. The predicted octanol–water partition coefficient (Wildman–Crippen LogP) is 1.39. The second-order valence-corrected chi connectivity index (χ2v) is 9.44. The van der Waals surface area contributed by atoms with Gasteiger partial charge in [-0.25, -0.2) is 9.97 Å². The molecule has 4 rings (SSSR count). The lowest BCUT2D eigenvalue weighted by atomic mass is 9.92. The number of fused-ring (bicyclic) bond motifs is 1. The minimum absolute atomic E-state index is 0.0416. The Morgan fingerprint density at radius 2 is 1.82 bits per heavy atom. The Bertz CT molecular complexity index is 690. The number of rotatable bonds is 4. The summed E-state index contributed by atoms with van der Waals surface area (Å²) in [7, 11) is 0. The Balaban J connectivity index is 1.29. The van der Waals surface area contributed by atoms with E-state index >= 15 is 0 Å². The maximum Gasteiger partial charge on any atom is 0.225 e. The van der Waals surface area contributed by atoms with Gasteiger partial charge < -0.3 is 19.4 Å². The number of likely N-dealkylation sites (tertiary alicyclic amines) is 1. The first kappa shape index (κ1) is 19.6. The molecule has 0 aliphatic carbocycles. The van der Waals surface area contributed by atoms with Gasteiger partial charge in [-0.1, -0.05) is 20.8 Å². The fourth-order valence-electron chi connectivity index (χ4n) is 4.61. The molecule has 0 saturated carbocycles. The topological polar surface area (TPSA) is 61.8 Å². The van der Waals surface area contributed by atoms with Gasteiger partial charge in [-0.15, -0.1) is 0 Å². The van der Waals surface area contributed by atoms with E-state index in [1.54, 1.807) is 6.33 Å². The molecule has 1 aromatic heterocycles. The van der Waals surface area contributed by atoms with Crippen molar-refractivity contribution in [3.05, 3.63) is 18.1 Å². The fraction of sp³-hybridized carbons (Fsp3) is 0.762. The molecule has 0 N–H and O–H groups in total. The third kappa shape index (κ3) is 4.30. The van der Waals surface area contributed by atoms with Crippen molar-refractivity contribution in [3.8, 4) is 0 Å². The average Bonchev–Trinajstić information content (AvgIpc) is 3.15. The summed E-state index contributed by atoms with van der Waals surface area (Å²) < 4.78 is 5.42. The molecule has 154 valence electrons. The summed E-state index contributed by atoms with van der Waals surface area (Å²) >= 11 is 0. The Morgan fingerprint density at radius 1 is 1.07 bits per heavy atom. The van der Waals surface area contributed by atoms with Crippen LogP contribution in [0, 0.1) is 11.8 Å². The number of hydrogen-bond acceptors (Lipinski definition) is 6. The van der Waals surface area contributed by atoms with E-state index in [-0.39, 0.29) is 11.3 Å².